The van der Waals surface area contributed by atoms with Gasteiger partial charge in [0, 0.05) is 11.8 Å². The fourth-order valence-corrected chi connectivity index (χ4v) is 1.06. The molecule has 0 aromatic carbocycles. The van der Waals surface area contributed by atoms with Crippen molar-refractivity contribution in [3.8, 4) is 0 Å². The molecule has 1 heterocycles. The fourth-order valence-electron chi connectivity index (χ4n) is 1.06. The molecule has 3 heteroatoms. The maximum absolute atomic E-state index is 9.58. The quantitative estimate of drug-likeness (QED) is 0.740. The Balaban J connectivity index is 2.48. The molecular formula is C9H14N2O. The topological polar surface area (TPSA) is 46.0 Å². The Morgan fingerprint density at radius 2 is 2.33 bits per heavy atom. The van der Waals surface area contributed by atoms with Gasteiger partial charge >= 0.3 is 0 Å². The molecule has 1 atom stereocenters. The lowest BCUT2D eigenvalue weighted by Crippen LogP contribution is -1.98. The van der Waals surface area contributed by atoms with Crippen molar-refractivity contribution >= 4 is 0 Å². The second-order valence-electron chi connectivity index (χ2n) is 2.83. The molecule has 0 saturated carbocycles. The highest BCUT2D eigenvalue weighted by Gasteiger charge is 2.05. The minimum atomic E-state index is -0.375. The number of hydrogen-bond acceptors (Lipinski definition) is 3. The van der Waals surface area contributed by atoms with Gasteiger partial charge in [-0.15, -0.1) is 0 Å². The highest BCUT2D eigenvalue weighted by molar-refractivity contribution is 5.08. The summed E-state index contributed by atoms with van der Waals surface area (Å²) >= 11 is 0. The summed E-state index contributed by atoms with van der Waals surface area (Å²) in [6.07, 6.45) is 5.80. The summed E-state index contributed by atoms with van der Waals surface area (Å²) in [5.74, 6) is 0. The second kappa shape index (κ2) is 4.83. The fraction of sp³-hybridized carbons (Fsp3) is 0.556. The first kappa shape index (κ1) is 9.13. The molecular weight excluding hydrogens is 152 g/mol. The SMILES string of the molecule is CCCCC(O)c1ccnnc1. The van der Waals surface area contributed by atoms with E-state index in [1.165, 1.54) is 0 Å². The molecule has 0 saturated heterocycles. The van der Waals surface area contributed by atoms with Gasteiger partial charge in [-0.1, -0.05) is 19.8 Å². The van der Waals surface area contributed by atoms with Crippen molar-refractivity contribution in [2.75, 3.05) is 0 Å². The van der Waals surface area contributed by atoms with Crippen molar-refractivity contribution in [3.63, 3.8) is 0 Å². The van der Waals surface area contributed by atoms with Crippen LogP contribution in [-0.2, 0) is 0 Å². The lowest BCUT2D eigenvalue weighted by Gasteiger charge is -2.08. The van der Waals surface area contributed by atoms with Gasteiger partial charge in [-0.25, -0.2) is 0 Å². The summed E-state index contributed by atoms with van der Waals surface area (Å²) in [4.78, 5) is 0. The first-order valence-electron chi connectivity index (χ1n) is 4.29. The number of rotatable bonds is 4. The van der Waals surface area contributed by atoms with Gasteiger partial charge in [0.25, 0.3) is 0 Å². The van der Waals surface area contributed by atoms with E-state index in [-0.39, 0.29) is 6.10 Å². The van der Waals surface area contributed by atoms with Crippen molar-refractivity contribution in [2.24, 2.45) is 0 Å². The predicted molar refractivity (Wildman–Crippen MR) is 46.5 cm³/mol. The van der Waals surface area contributed by atoms with E-state index in [0.717, 1.165) is 24.8 Å². The normalized spacial score (nSPS) is 12.8. The van der Waals surface area contributed by atoms with Crippen LogP contribution < -0.4 is 0 Å². The molecule has 1 N–H and O–H groups in total. The zero-order chi connectivity index (χ0) is 8.81. The number of aromatic nitrogens is 2. The van der Waals surface area contributed by atoms with Crippen LogP contribution in [0.15, 0.2) is 18.5 Å². The molecule has 1 unspecified atom stereocenters. The molecule has 0 aliphatic heterocycles. The van der Waals surface area contributed by atoms with E-state index in [2.05, 4.69) is 17.1 Å². The molecule has 0 spiro atoms. The highest BCUT2D eigenvalue weighted by atomic mass is 16.3. The van der Waals surface area contributed by atoms with Gasteiger partial charge < -0.3 is 5.11 Å². The van der Waals surface area contributed by atoms with Crippen LogP contribution in [0.4, 0.5) is 0 Å². The summed E-state index contributed by atoms with van der Waals surface area (Å²) in [6, 6.07) is 1.80. The predicted octanol–water partition coefficient (Wildman–Crippen LogP) is 1.70. The van der Waals surface area contributed by atoms with E-state index in [0.29, 0.717) is 0 Å². The maximum atomic E-state index is 9.58. The monoisotopic (exact) mass is 166 g/mol. The van der Waals surface area contributed by atoms with Crippen molar-refractivity contribution in [1.29, 1.82) is 0 Å². The lowest BCUT2D eigenvalue weighted by atomic mass is 10.1. The number of aliphatic hydroxyl groups is 1. The molecule has 0 bridgehead atoms. The number of nitrogens with zero attached hydrogens (tertiary/aromatic N) is 2. The molecule has 66 valence electrons. The third-order valence-corrected chi connectivity index (χ3v) is 1.82. The molecule has 1 rings (SSSR count). The van der Waals surface area contributed by atoms with Gasteiger partial charge in [0.1, 0.15) is 0 Å². The van der Waals surface area contributed by atoms with Crippen LogP contribution in [-0.4, -0.2) is 15.3 Å². The van der Waals surface area contributed by atoms with Crippen LogP contribution in [0, 0.1) is 0 Å². The highest BCUT2D eigenvalue weighted by Crippen LogP contribution is 2.16. The van der Waals surface area contributed by atoms with E-state index in [9.17, 15) is 5.11 Å². The van der Waals surface area contributed by atoms with E-state index in [4.69, 9.17) is 0 Å². The Hall–Kier alpha value is -0.960. The first-order valence-corrected chi connectivity index (χ1v) is 4.29. The van der Waals surface area contributed by atoms with Crippen LogP contribution in [0.2, 0.25) is 0 Å². The minimum absolute atomic E-state index is 0.375. The van der Waals surface area contributed by atoms with E-state index in [1.807, 2.05) is 0 Å². The lowest BCUT2D eigenvalue weighted by molar-refractivity contribution is 0.163. The Morgan fingerprint density at radius 3 is 2.92 bits per heavy atom. The van der Waals surface area contributed by atoms with E-state index in [1.54, 1.807) is 18.5 Å². The third-order valence-electron chi connectivity index (χ3n) is 1.82. The Kier molecular flexibility index (Phi) is 3.67. The molecule has 0 fully saturated rings. The van der Waals surface area contributed by atoms with Gasteiger partial charge in [-0.05, 0) is 12.5 Å². The molecule has 0 aliphatic carbocycles. The van der Waals surface area contributed by atoms with Gasteiger partial charge in [0.15, 0.2) is 0 Å². The number of aliphatic hydroxyl groups excluding tert-OH is 1. The summed E-state index contributed by atoms with van der Waals surface area (Å²) in [6.45, 7) is 2.11. The number of unbranched alkanes of at least 4 members (excludes halogenated alkanes) is 1. The molecule has 0 aliphatic rings. The zero-order valence-electron chi connectivity index (χ0n) is 7.27. The zero-order valence-corrected chi connectivity index (χ0v) is 7.27. The van der Waals surface area contributed by atoms with Crippen LogP contribution in [0.1, 0.15) is 37.9 Å². The Morgan fingerprint density at radius 1 is 1.50 bits per heavy atom. The van der Waals surface area contributed by atoms with Gasteiger partial charge in [0.05, 0.1) is 12.3 Å². The first-order chi connectivity index (χ1) is 5.84. The van der Waals surface area contributed by atoms with Crippen LogP contribution in [0.25, 0.3) is 0 Å². The molecule has 0 amide bonds. The van der Waals surface area contributed by atoms with Crippen LogP contribution in [0.5, 0.6) is 0 Å². The Labute approximate surface area is 72.5 Å². The summed E-state index contributed by atoms with van der Waals surface area (Å²) in [5, 5.41) is 16.9. The largest absolute Gasteiger partial charge is 0.388 e. The Bertz CT molecular complexity index is 213. The van der Waals surface area contributed by atoms with E-state index >= 15 is 0 Å². The summed E-state index contributed by atoms with van der Waals surface area (Å²) in [7, 11) is 0. The molecule has 1 aromatic heterocycles. The summed E-state index contributed by atoms with van der Waals surface area (Å²) < 4.78 is 0. The van der Waals surface area contributed by atoms with Crippen molar-refractivity contribution in [3.05, 3.63) is 24.0 Å². The molecule has 1 aromatic rings. The van der Waals surface area contributed by atoms with Crippen molar-refractivity contribution in [1.82, 2.24) is 10.2 Å². The van der Waals surface area contributed by atoms with Gasteiger partial charge in [-0.3, -0.25) is 0 Å². The minimum Gasteiger partial charge on any atom is -0.388 e. The maximum Gasteiger partial charge on any atom is 0.0806 e. The molecule has 12 heavy (non-hydrogen) atoms. The average Bonchev–Trinajstić information content (AvgIpc) is 2.15. The molecule has 3 nitrogen and oxygen atoms in total. The second-order valence-corrected chi connectivity index (χ2v) is 2.83. The average molecular weight is 166 g/mol. The summed E-state index contributed by atoms with van der Waals surface area (Å²) in [5.41, 5.74) is 0.860. The smallest absolute Gasteiger partial charge is 0.0806 e. The van der Waals surface area contributed by atoms with Crippen molar-refractivity contribution in [2.45, 2.75) is 32.3 Å². The molecule has 0 radical (unpaired) electrons. The number of hydrogen-bond donors (Lipinski definition) is 1. The van der Waals surface area contributed by atoms with Gasteiger partial charge in [0.2, 0.25) is 0 Å². The van der Waals surface area contributed by atoms with Crippen LogP contribution in [0.3, 0.4) is 0 Å². The third kappa shape index (κ3) is 2.58. The van der Waals surface area contributed by atoms with E-state index < -0.39 is 0 Å². The van der Waals surface area contributed by atoms with Gasteiger partial charge in [-0.2, -0.15) is 10.2 Å². The van der Waals surface area contributed by atoms with Crippen molar-refractivity contribution < 1.29 is 5.11 Å². The van der Waals surface area contributed by atoms with Crippen LogP contribution >= 0.6 is 0 Å². The standard InChI is InChI=1S/C9H14N2O/c1-2-3-4-9(12)8-5-6-10-11-7-8/h5-7,9,12H,2-4H2,1H3.